The predicted molar refractivity (Wildman–Crippen MR) is 79.8 cm³/mol. The molecule has 1 amide bonds. The molecule has 0 radical (unpaired) electrons. The number of amides is 1. The van der Waals surface area contributed by atoms with Crippen molar-refractivity contribution < 1.29 is 4.79 Å². The first kappa shape index (κ1) is 13.4. The fourth-order valence-corrected chi connectivity index (χ4v) is 2.15. The van der Waals surface area contributed by atoms with Crippen LogP contribution in [0.25, 0.3) is 0 Å². The Morgan fingerprint density at radius 3 is 2.53 bits per heavy atom. The number of nitrogens with zero attached hydrogens (tertiary/aromatic N) is 1. The number of hydrogen-bond donors (Lipinski definition) is 1. The summed E-state index contributed by atoms with van der Waals surface area (Å²) in [6, 6.07) is 12.8. The van der Waals surface area contributed by atoms with Gasteiger partial charge in [0.05, 0.1) is 16.3 Å². The van der Waals surface area contributed by atoms with E-state index in [0.717, 1.165) is 11.3 Å². The number of rotatable bonds is 2. The lowest BCUT2D eigenvalue weighted by atomic mass is 10.1. The van der Waals surface area contributed by atoms with E-state index in [1.54, 1.807) is 30.1 Å². The van der Waals surface area contributed by atoms with Gasteiger partial charge >= 0.3 is 0 Å². The standard InChI is InChI=1S/C15H15ClN2O/c1-10-6-3-4-9-13(10)18(2)15(19)11-7-5-8-12(17)14(11)16/h3-9H,17H2,1-2H3. The number of nitrogen functional groups attached to an aromatic ring is 1. The van der Waals surface area contributed by atoms with E-state index in [1.807, 2.05) is 31.2 Å². The maximum absolute atomic E-state index is 12.5. The van der Waals surface area contributed by atoms with Gasteiger partial charge in [-0.15, -0.1) is 0 Å². The lowest BCUT2D eigenvalue weighted by molar-refractivity contribution is 0.0993. The van der Waals surface area contributed by atoms with Crippen LogP contribution in [0.5, 0.6) is 0 Å². The van der Waals surface area contributed by atoms with Crippen LogP contribution in [0, 0.1) is 6.92 Å². The Kier molecular flexibility index (Phi) is 3.76. The molecule has 3 nitrogen and oxygen atoms in total. The number of carbonyl (C=O) groups excluding carboxylic acids is 1. The van der Waals surface area contributed by atoms with E-state index in [-0.39, 0.29) is 5.91 Å². The molecule has 0 aromatic heterocycles. The van der Waals surface area contributed by atoms with E-state index in [2.05, 4.69) is 0 Å². The van der Waals surface area contributed by atoms with Crippen LogP contribution in [-0.4, -0.2) is 13.0 Å². The average Bonchev–Trinajstić information content (AvgIpc) is 2.41. The zero-order valence-electron chi connectivity index (χ0n) is 10.9. The third kappa shape index (κ3) is 2.56. The quantitative estimate of drug-likeness (QED) is 0.852. The SMILES string of the molecule is Cc1ccccc1N(C)C(=O)c1cccc(N)c1Cl. The molecule has 0 heterocycles. The van der Waals surface area contributed by atoms with Crippen molar-refractivity contribution in [2.24, 2.45) is 0 Å². The first-order valence-electron chi connectivity index (χ1n) is 5.90. The maximum Gasteiger partial charge on any atom is 0.259 e. The fraction of sp³-hybridized carbons (Fsp3) is 0.133. The number of benzene rings is 2. The van der Waals surface area contributed by atoms with Crippen LogP contribution in [0.3, 0.4) is 0 Å². The van der Waals surface area contributed by atoms with Crippen LogP contribution in [0.1, 0.15) is 15.9 Å². The minimum Gasteiger partial charge on any atom is -0.398 e. The first-order chi connectivity index (χ1) is 9.02. The topological polar surface area (TPSA) is 46.3 Å². The summed E-state index contributed by atoms with van der Waals surface area (Å²) < 4.78 is 0. The number of hydrogen-bond acceptors (Lipinski definition) is 2. The van der Waals surface area contributed by atoms with Gasteiger partial charge in [-0.3, -0.25) is 4.79 Å². The van der Waals surface area contributed by atoms with Crippen molar-refractivity contribution in [2.75, 3.05) is 17.7 Å². The van der Waals surface area contributed by atoms with E-state index in [0.29, 0.717) is 16.3 Å². The van der Waals surface area contributed by atoms with Gasteiger partial charge in [-0.2, -0.15) is 0 Å². The number of halogens is 1. The molecule has 2 rings (SSSR count). The number of aryl methyl sites for hydroxylation is 1. The van der Waals surface area contributed by atoms with Crippen LogP contribution < -0.4 is 10.6 Å². The minimum atomic E-state index is -0.174. The molecule has 98 valence electrons. The van der Waals surface area contributed by atoms with Crippen LogP contribution >= 0.6 is 11.6 Å². The molecule has 2 aromatic carbocycles. The molecule has 2 aromatic rings. The van der Waals surface area contributed by atoms with Gasteiger partial charge in [-0.05, 0) is 30.7 Å². The highest BCUT2D eigenvalue weighted by Gasteiger charge is 2.18. The van der Waals surface area contributed by atoms with Gasteiger partial charge in [-0.25, -0.2) is 0 Å². The lowest BCUT2D eigenvalue weighted by Gasteiger charge is -2.20. The summed E-state index contributed by atoms with van der Waals surface area (Å²) in [5.74, 6) is -0.174. The van der Waals surface area contributed by atoms with Crippen LogP contribution in [0.4, 0.5) is 11.4 Å². The second kappa shape index (κ2) is 5.33. The Labute approximate surface area is 117 Å². The molecule has 0 aliphatic carbocycles. The molecule has 0 spiro atoms. The zero-order valence-corrected chi connectivity index (χ0v) is 11.6. The summed E-state index contributed by atoms with van der Waals surface area (Å²) in [4.78, 5) is 14.0. The van der Waals surface area contributed by atoms with E-state index in [4.69, 9.17) is 17.3 Å². The second-order valence-corrected chi connectivity index (χ2v) is 4.74. The van der Waals surface area contributed by atoms with Gasteiger partial charge < -0.3 is 10.6 Å². The van der Waals surface area contributed by atoms with Crippen molar-refractivity contribution in [3.8, 4) is 0 Å². The van der Waals surface area contributed by atoms with E-state index >= 15 is 0 Å². The van der Waals surface area contributed by atoms with Crippen molar-refractivity contribution in [1.29, 1.82) is 0 Å². The molecule has 4 heteroatoms. The smallest absolute Gasteiger partial charge is 0.259 e. The zero-order chi connectivity index (χ0) is 14.0. The van der Waals surface area contributed by atoms with Crippen molar-refractivity contribution in [3.05, 3.63) is 58.6 Å². The van der Waals surface area contributed by atoms with Gasteiger partial charge in [0.15, 0.2) is 0 Å². The largest absolute Gasteiger partial charge is 0.398 e. The third-order valence-electron chi connectivity index (χ3n) is 3.04. The highest BCUT2D eigenvalue weighted by molar-refractivity contribution is 6.36. The fourth-order valence-electron chi connectivity index (χ4n) is 1.94. The van der Waals surface area contributed by atoms with Gasteiger partial charge in [-0.1, -0.05) is 35.9 Å². The van der Waals surface area contributed by atoms with Gasteiger partial charge in [0.2, 0.25) is 0 Å². The Morgan fingerprint density at radius 1 is 1.16 bits per heavy atom. The maximum atomic E-state index is 12.5. The molecule has 0 fully saturated rings. The third-order valence-corrected chi connectivity index (χ3v) is 3.46. The molecule has 0 unspecified atom stereocenters. The van der Waals surface area contributed by atoms with Gasteiger partial charge in [0.1, 0.15) is 0 Å². The molecule has 0 atom stereocenters. The molecule has 0 aliphatic rings. The average molecular weight is 275 g/mol. The molecule has 0 saturated carbocycles. The molecular weight excluding hydrogens is 260 g/mol. The highest BCUT2D eigenvalue weighted by atomic mass is 35.5. The van der Waals surface area contributed by atoms with Crippen molar-refractivity contribution in [1.82, 2.24) is 0 Å². The Balaban J connectivity index is 2.40. The van der Waals surface area contributed by atoms with Crippen molar-refractivity contribution >= 4 is 28.9 Å². The number of anilines is 2. The molecule has 0 aliphatic heterocycles. The van der Waals surface area contributed by atoms with Gasteiger partial charge in [0, 0.05) is 12.7 Å². The molecule has 2 N–H and O–H groups in total. The van der Waals surface area contributed by atoms with Crippen molar-refractivity contribution in [2.45, 2.75) is 6.92 Å². The molecule has 0 saturated heterocycles. The lowest BCUT2D eigenvalue weighted by Crippen LogP contribution is -2.27. The monoisotopic (exact) mass is 274 g/mol. The summed E-state index contributed by atoms with van der Waals surface area (Å²) in [6.07, 6.45) is 0. The van der Waals surface area contributed by atoms with Crippen molar-refractivity contribution in [3.63, 3.8) is 0 Å². The summed E-state index contributed by atoms with van der Waals surface area (Å²) in [5, 5.41) is 0.299. The van der Waals surface area contributed by atoms with E-state index in [1.165, 1.54) is 0 Å². The Morgan fingerprint density at radius 2 is 1.84 bits per heavy atom. The van der Waals surface area contributed by atoms with Crippen LogP contribution in [-0.2, 0) is 0 Å². The summed E-state index contributed by atoms with van der Waals surface area (Å²) in [6.45, 7) is 1.96. The number of para-hydroxylation sites is 1. The second-order valence-electron chi connectivity index (χ2n) is 4.36. The normalized spacial score (nSPS) is 10.3. The first-order valence-corrected chi connectivity index (χ1v) is 6.28. The Bertz CT molecular complexity index is 625. The van der Waals surface area contributed by atoms with E-state index < -0.39 is 0 Å². The van der Waals surface area contributed by atoms with Gasteiger partial charge in [0.25, 0.3) is 5.91 Å². The summed E-state index contributed by atoms with van der Waals surface area (Å²) in [7, 11) is 1.73. The molecule has 0 bridgehead atoms. The molecule has 19 heavy (non-hydrogen) atoms. The van der Waals surface area contributed by atoms with E-state index in [9.17, 15) is 4.79 Å². The minimum absolute atomic E-state index is 0.174. The van der Waals surface area contributed by atoms with Crippen LogP contribution in [0.2, 0.25) is 5.02 Å². The van der Waals surface area contributed by atoms with Crippen LogP contribution in [0.15, 0.2) is 42.5 Å². The predicted octanol–water partition coefficient (Wildman–Crippen LogP) is 3.51. The summed E-state index contributed by atoms with van der Waals surface area (Å²) in [5.41, 5.74) is 8.42. The summed E-state index contributed by atoms with van der Waals surface area (Å²) >= 11 is 6.09. The number of nitrogens with two attached hydrogens (primary N) is 1. The Hall–Kier alpha value is -2.00. The molecular formula is C15H15ClN2O. The number of carbonyl (C=O) groups is 1. The highest BCUT2D eigenvalue weighted by Crippen LogP contribution is 2.26.